The molecule has 1 aliphatic carbocycles. The molecule has 4 nitrogen and oxygen atoms in total. The average molecular weight is 200 g/mol. The Morgan fingerprint density at radius 3 is 2.21 bits per heavy atom. The SMILES string of the molecule is NNC(=O)CC1(O)CCCCCCC1. The van der Waals surface area contributed by atoms with Gasteiger partial charge in [0.2, 0.25) is 5.91 Å². The topological polar surface area (TPSA) is 75.3 Å². The summed E-state index contributed by atoms with van der Waals surface area (Å²) in [4.78, 5) is 11.1. The molecule has 4 N–H and O–H groups in total. The summed E-state index contributed by atoms with van der Waals surface area (Å²) in [6.45, 7) is 0. The first-order valence-electron chi connectivity index (χ1n) is 5.38. The normalized spacial score (nSPS) is 22.1. The fourth-order valence-electron chi connectivity index (χ4n) is 2.09. The van der Waals surface area contributed by atoms with Crippen LogP contribution in [0.2, 0.25) is 0 Å². The molecule has 0 heterocycles. The van der Waals surface area contributed by atoms with E-state index >= 15 is 0 Å². The Labute approximate surface area is 84.8 Å². The van der Waals surface area contributed by atoms with E-state index in [2.05, 4.69) is 5.43 Å². The minimum Gasteiger partial charge on any atom is -0.389 e. The van der Waals surface area contributed by atoms with E-state index in [4.69, 9.17) is 5.84 Å². The van der Waals surface area contributed by atoms with Crippen LogP contribution in [0.25, 0.3) is 0 Å². The zero-order chi connectivity index (χ0) is 10.4. The minimum absolute atomic E-state index is 0.142. The molecule has 0 aliphatic heterocycles. The highest BCUT2D eigenvalue weighted by atomic mass is 16.3. The Morgan fingerprint density at radius 2 is 1.71 bits per heavy atom. The van der Waals surface area contributed by atoms with Crippen LogP contribution in [0.1, 0.15) is 51.4 Å². The van der Waals surface area contributed by atoms with E-state index in [-0.39, 0.29) is 12.3 Å². The average Bonchev–Trinajstić information content (AvgIpc) is 2.12. The molecule has 0 radical (unpaired) electrons. The zero-order valence-electron chi connectivity index (χ0n) is 8.59. The minimum atomic E-state index is -0.816. The van der Waals surface area contributed by atoms with Gasteiger partial charge in [-0.3, -0.25) is 10.2 Å². The third kappa shape index (κ3) is 3.64. The third-order valence-corrected chi connectivity index (χ3v) is 2.93. The number of nitrogens with one attached hydrogen (secondary N) is 1. The molecule has 0 aromatic rings. The zero-order valence-corrected chi connectivity index (χ0v) is 8.59. The molecule has 1 fully saturated rings. The number of nitrogens with two attached hydrogens (primary N) is 1. The number of carbonyl (C=O) groups is 1. The Bertz CT molecular complexity index is 187. The molecule has 0 bridgehead atoms. The molecule has 82 valence electrons. The number of hydrogen-bond acceptors (Lipinski definition) is 3. The van der Waals surface area contributed by atoms with Crippen LogP contribution >= 0.6 is 0 Å². The number of hydrazine groups is 1. The lowest BCUT2D eigenvalue weighted by atomic mass is 9.84. The smallest absolute Gasteiger partial charge is 0.236 e. The fourth-order valence-corrected chi connectivity index (χ4v) is 2.09. The van der Waals surface area contributed by atoms with E-state index in [1.807, 2.05) is 0 Å². The van der Waals surface area contributed by atoms with Gasteiger partial charge in [0.05, 0.1) is 12.0 Å². The number of aliphatic hydroxyl groups is 1. The molecule has 1 saturated carbocycles. The second kappa shape index (κ2) is 5.32. The molecule has 0 saturated heterocycles. The van der Waals surface area contributed by atoms with Gasteiger partial charge >= 0.3 is 0 Å². The molecular weight excluding hydrogens is 180 g/mol. The van der Waals surface area contributed by atoms with Crippen LogP contribution in [0.5, 0.6) is 0 Å². The van der Waals surface area contributed by atoms with Crippen LogP contribution in [0.3, 0.4) is 0 Å². The second-order valence-electron chi connectivity index (χ2n) is 4.24. The van der Waals surface area contributed by atoms with E-state index in [1.54, 1.807) is 0 Å². The van der Waals surface area contributed by atoms with Crippen molar-refractivity contribution in [3.8, 4) is 0 Å². The van der Waals surface area contributed by atoms with E-state index in [9.17, 15) is 9.90 Å². The monoisotopic (exact) mass is 200 g/mol. The molecule has 0 spiro atoms. The molecule has 4 heteroatoms. The Kier molecular flexibility index (Phi) is 4.35. The van der Waals surface area contributed by atoms with Gasteiger partial charge in [-0.15, -0.1) is 0 Å². The quantitative estimate of drug-likeness (QED) is 0.351. The van der Waals surface area contributed by atoms with E-state index in [1.165, 1.54) is 6.42 Å². The molecular formula is C10H20N2O2. The highest BCUT2D eigenvalue weighted by Gasteiger charge is 2.29. The lowest BCUT2D eigenvalue weighted by molar-refractivity contribution is -0.127. The Balaban J connectivity index is 2.46. The number of hydrogen-bond donors (Lipinski definition) is 3. The number of carbonyl (C=O) groups excluding carboxylic acids is 1. The first-order valence-corrected chi connectivity index (χ1v) is 5.38. The summed E-state index contributed by atoms with van der Waals surface area (Å²) >= 11 is 0. The van der Waals surface area contributed by atoms with Gasteiger partial charge in [0.15, 0.2) is 0 Å². The van der Waals surface area contributed by atoms with E-state index in [0.717, 1.165) is 38.5 Å². The maximum atomic E-state index is 11.1. The fraction of sp³-hybridized carbons (Fsp3) is 0.900. The van der Waals surface area contributed by atoms with Gasteiger partial charge in [-0.2, -0.15) is 0 Å². The van der Waals surface area contributed by atoms with Crippen LogP contribution in [-0.4, -0.2) is 16.6 Å². The van der Waals surface area contributed by atoms with Crippen molar-refractivity contribution in [2.45, 2.75) is 57.0 Å². The van der Waals surface area contributed by atoms with Crippen LogP contribution in [-0.2, 0) is 4.79 Å². The van der Waals surface area contributed by atoms with Gasteiger partial charge in [-0.05, 0) is 12.8 Å². The van der Waals surface area contributed by atoms with Gasteiger partial charge in [-0.25, -0.2) is 5.84 Å². The van der Waals surface area contributed by atoms with E-state index in [0.29, 0.717) is 0 Å². The summed E-state index contributed by atoms with van der Waals surface area (Å²) in [5.74, 6) is 4.74. The summed E-state index contributed by atoms with van der Waals surface area (Å²) < 4.78 is 0. The van der Waals surface area contributed by atoms with Crippen LogP contribution in [0, 0.1) is 0 Å². The van der Waals surface area contributed by atoms with Gasteiger partial charge in [0.1, 0.15) is 0 Å². The third-order valence-electron chi connectivity index (χ3n) is 2.93. The van der Waals surface area contributed by atoms with Crippen molar-refractivity contribution in [3.05, 3.63) is 0 Å². The first-order chi connectivity index (χ1) is 6.66. The van der Waals surface area contributed by atoms with Gasteiger partial charge in [0, 0.05) is 0 Å². The standard InChI is InChI=1S/C10H20N2O2/c11-12-9(13)8-10(14)6-4-2-1-3-5-7-10/h14H,1-8,11H2,(H,12,13). The van der Waals surface area contributed by atoms with Crippen molar-refractivity contribution in [3.63, 3.8) is 0 Å². The van der Waals surface area contributed by atoms with Crippen molar-refractivity contribution < 1.29 is 9.90 Å². The molecule has 0 unspecified atom stereocenters. The molecule has 0 aromatic heterocycles. The summed E-state index contributed by atoms with van der Waals surface area (Å²) in [5.41, 5.74) is 1.26. The Hall–Kier alpha value is -0.610. The highest BCUT2D eigenvalue weighted by molar-refractivity contribution is 5.76. The lowest BCUT2D eigenvalue weighted by Gasteiger charge is -2.29. The van der Waals surface area contributed by atoms with Gasteiger partial charge in [0.25, 0.3) is 0 Å². The predicted octanol–water partition coefficient (Wildman–Crippen LogP) is 0.842. The Morgan fingerprint density at radius 1 is 1.21 bits per heavy atom. The summed E-state index contributed by atoms with van der Waals surface area (Å²) in [6, 6.07) is 0. The van der Waals surface area contributed by atoms with Crippen molar-refractivity contribution in [1.82, 2.24) is 5.43 Å². The predicted molar refractivity (Wildman–Crippen MR) is 54.2 cm³/mol. The summed E-state index contributed by atoms with van der Waals surface area (Å²) in [5, 5.41) is 10.2. The highest BCUT2D eigenvalue weighted by Crippen LogP contribution is 2.28. The van der Waals surface area contributed by atoms with Crippen molar-refractivity contribution in [2.24, 2.45) is 5.84 Å². The molecule has 1 amide bonds. The lowest BCUT2D eigenvalue weighted by Crippen LogP contribution is -2.39. The molecule has 14 heavy (non-hydrogen) atoms. The van der Waals surface area contributed by atoms with Crippen LogP contribution in [0.15, 0.2) is 0 Å². The van der Waals surface area contributed by atoms with Crippen molar-refractivity contribution >= 4 is 5.91 Å². The van der Waals surface area contributed by atoms with Crippen LogP contribution in [0.4, 0.5) is 0 Å². The maximum Gasteiger partial charge on any atom is 0.236 e. The van der Waals surface area contributed by atoms with Gasteiger partial charge in [-0.1, -0.05) is 32.1 Å². The first kappa shape index (κ1) is 11.5. The van der Waals surface area contributed by atoms with Crippen LogP contribution < -0.4 is 11.3 Å². The molecule has 1 rings (SSSR count). The maximum absolute atomic E-state index is 11.1. The number of amides is 1. The molecule has 1 aliphatic rings. The number of rotatable bonds is 2. The molecule has 0 atom stereocenters. The summed E-state index contributed by atoms with van der Waals surface area (Å²) in [6.07, 6.45) is 7.17. The van der Waals surface area contributed by atoms with Crippen molar-refractivity contribution in [1.29, 1.82) is 0 Å². The van der Waals surface area contributed by atoms with Crippen molar-refractivity contribution in [2.75, 3.05) is 0 Å². The largest absolute Gasteiger partial charge is 0.389 e. The summed E-state index contributed by atoms with van der Waals surface area (Å²) in [7, 11) is 0. The van der Waals surface area contributed by atoms with E-state index < -0.39 is 5.60 Å². The second-order valence-corrected chi connectivity index (χ2v) is 4.24. The van der Waals surface area contributed by atoms with Gasteiger partial charge < -0.3 is 5.11 Å². The molecule has 0 aromatic carbocycles.